The molecule has 1 N–H and O–H groups in total. The van der Waals surface area contributed by atoms with Gasteiger partial charge in [0.25, 0.3) is 0 Å². The van der Waals surface area contributed by atoms with Gasteiger partial charge in [-0.25, -0.2) is 4.98 Å². The van der Waals surface area contributed by atoms with Gasteiger partial charge in [0, 0.05) is 25.5 Å². The van der Waals surface area contributed by atoms with Gasteiger partial charge in [-0.2, -0.15) is 0 Å². The minimum absolute atomic E-state index is 0.0206. The quantitative estimate of drug-likeness (QED) is 0.915. The summed E-state index contributed by atoms with van der Waals surface area (Å²) in [6.07, 6.45) is 5.55. The Morgan fingerprint density at radius 3 is 2.94 bits per heavy atom. The molecule has 0 saturated carbocycles. The normalized spacial score (nSPS) is 21.4. The van der Waals surface area contributed by atoms with Crippen LogP contribution in [0.5, 0.6) is 0 Å². The highest BCUT2D eigenvalue weighted by molar-refractivity contribution is 8.00. The first-order chi connectivity index (χ1) is 8.46. The van der Waals surface area contributed by atoms with E-state index in [0.29, 0.717) is 0 Å². The van der Waals surface area contributed by atoms with E-state index in [1.54, 1.807) is 24.2 Å². The molecule has 1 aromatic heterocycles. The van der Waals surface area contributed by atoms with Crippen LogP contribution in [0.4, 0.5) is 0 Å². The Morgan fingerprint density at radius 1 is 1.56 bits per heavy atom. The molecule has 1 aliphatic rings. The van der Waals surface area contributed by atoms with Crippen molar-refractivity contribution in [1.29, 1.82) is 0 Å². The third-order valence-electron chi connectivity index (χ3n) is 2.87. The molecule has 1 atom stereocenters. The maximum Gasteiger partial charge on any atom is 0.236 e. The molecule has 0 aliphatic carbocycles. The molecule has 4 nitrogen and oxygen atoms in total. The van der Waals surface area contributed by atoms with Gasteiger partial charge in [0.15, 0.2) is 5.16 Å². The van der Waals surface area contributed by atoms with Crippen molar-refractivity contribution in [3.63, 3.8) is 0 Å². The van der Waals surface area contributed by atoms with Crippen molar-refractivity contribution in [1.82, 2.24) is 14.9 Å². The van der Waals surface area contributed by atoms with Gasteiger partial charge in [-0.05, 0) is 18.3 Å². The summed E-state index contributed by atoms with van der Waals surface area (Å²) >= 11 is 1.55. The Bertz CT molecular complexity index is 397. The molecular formula is C13H21N3OS. The number of hydrogen-bond acceptors (Lipinski definition) is 3. The lowest BCUT2D eigenvalue weighted by atomic mass is 9.94. The second-order valence-electron chi connectivity index (χ2n) is 5.96. The molecule has 1 fully saturated rings. The molecule has 1 saturated heterocycles. The van der Waals surface area contributed by atoms with Crippen LogP contribution >= 0.6 is 11.8 Å². The molecule has 100 valence electrons. The van der Waals surface area contributed by atoms with E-state index in [9.17, 15) is 4.79 Å². The van der Waals surface area contributed by atoms with Crippen LogP contribution in [-0.4, -0.2) is 39.1 Å². The van der Waals surface area contributed by atoms with E-state index in [0.717, 1.165) is 31.1 Å². The van der Waals surface area contributed by atoms with Crippen molar-refractivity contribution >= 4 is 17.7 Å². The lowest BCUT2D eigenvalue weighted by Crippen LogP contribution is -2.46. The van der Waals surface area contributed by atoms with E-state index in [4.69, 9.17) is 0 Å². The Labute approximate surface area is 113 Å². The second kappa shape index (κ2) is 5.34. The van der Waals surface area contributed by atoms with Crippen LogP contribution in [0.1, 0.15) is 33.6 Å². The van der Waals surface area contributed by atoms with E-state index < -0.39 is 0 Å². The summed E-state index contributed by atoms with van der Waals surface area (Å²) in [5, 5.41) is 0.859. The number of thioether (sulfide) groups is 1. The molecule has 1 aliphatic heterocycles. The number of rotatable bonds is 3. The highest BCUT2D eigenvalue weighted by Gasteiger charge is 2.32. The van der Waals surface area contributed by atoms with Crippen LogP contribution in [-0.2, 0) is 4.79 Å². The molecule has 0 radical (unpaired) electrons. The van der Waals surface area contributed by atoms with Crippen LogP contribution in [0.2, 0.25) is 0 Å². The monoisotopic (exact) mass is 267 g/mol. The van der Waals surface area contributed by atoms with Crippen molar-refractivity contribution in [2.45, 2.75) is 44.0 Å². The molecular weight excluding hydrogens is 246 g/mol. The van der Waals surface area contributed by atoms with E-state index in [1.165, 1.54) is 0 Å². The number of imidazole rings is 1. The maximum absolute atomic E-state index is 12.4. The molecule has 0 aromatic carbocycles. The SMILES string of the molecule is CC(C)(C)CN1CCCC(Sc2ncc[nH]2)C1=O. The van der Waals surface area contributed by atoms with Crippen molar-refractivity contribution < 1.29 is 4.79 Å². The summed E-state index contributed by atoms with van der Waals surface area (Å²) in [4.78, 5) is 21.6. The zero-order chi connectivity index (χ0) is 13.2. The lowest BCUT2D eigenvalue weighted by molar-refractivity contribution is -0.133. The smallest absolute Gasteiger partial charge is 0.236 e. The third-order valence-corrected chi connectivity index (χ3v) is 4.04. The molecule has 1 amide bonds. The predicted molar refractivity (Wildman–Crippen MR) is 73.5 cm³/mol. The van der Waals surface area contributed by atoms with Crippen LogP contribution < -0.4 is 0 Å². The summed E-state index contributed by atoms with van der Waals surface area (Å²) in [7, 11) is 0. The maximum atomic E-state index is 12.4. The van der Waals surface area contributed by atoms with Gasteiger partial charge in [0.1, 0.15) is 0 Å². The van der Waals surface area contributed by atoms with Crippen molar-refractivity contribution in [3.05, 3.63) is 12.4 Å². The zero-order valence-corrected chi connectivity index (χ0v) is 12.1. The number of amides is 1. The molecule has 5 heteroatoms. The molecule has 18 heavy (non-hydrogen) atoms. The number of aromatic amines is 1. The van der Waals surface area contributed by atoms with Gasteiger partial charge in [-0.15, -0.1) is 0 Å². The number of hydrogen-bond donors (Lipinski definition) is 1. The number of piperidine rings is 1. The van der Waals surface area contributed by atoms with Gasteiger partial charge in [-0.3, -0.25) is 4.79 Å². The van der Waals surface area contributed by atoms with Crippen LogP contribution in [0.15, 0.2) is 17.6 Å². The Hall–Kier alpha value is -0.970. The van der Waals surface area contributed by atoms with Crippen molar-refractivity contribution in [3.8, 4) is 0 Å². The topological polar surface area (TPSA) is 49.0 Å². The van der Waals surface area contributed by atoms with Crippen molar-refractivity contribution in [2.24, 2.45) is 5.41 Å². The highest BCUT2D eigenvalue weighted by Crippen LogP contribution is 2.29. The van der Waals surface area contributed by atoms with E-state index in [1.807, 2.05) is 4.90 Å². The minimum atomic E-state index is 0.0206. The highest BCUT2D eigenvalue weighted by atomic mass is 32.2. The average Bonchev–Trinajstić information content (AvgIpc) is 2.75. The Morgan fingerprint density at radius 2 is 2.33 bits per heavy atom. The Kier molecular flexibility index (Phi) is 4.00. The first-order valence-corrected chi connectivity index (χ1v) is 7.28. The number of nitrogens with one attached hydrogen (secondary N) is 1. The van der Waals surface area contributed by atoms with Gasteiger partial charge >= 0.3 is 0 Å². The first-order valence-electron chi connectivity index (χ1n) is 6.40. The molecule has 2 rings (SSSR count). The molecule has 2 heterocycles. The number of nitrogens with zero attached hydrogens (tertiary/aromatic N) is 2. The van der Waals surface area contributed by atoms with Gasteiger partial charge in [0.05, 0.1) is 5.25 Å². The number of carbonyl (C=O) groups is 1. The fraction of sp³-hybridized carbons (Fsp3) is 0.692. The van der Waals surface area contributed by atoms with Crippen LogP contribution in [0.3, 0.4) is 0 Å². The van der Waals surface area contributed by atoms with Gasteiger partial charge in [-0.1, -0.05) is 32.5 Å². The fourth-order valence-electron chi connectivity index (χ4n) is 2.19. The second-order valence-corrected chi connectivity index (χ2v) is 7.15. The van der Waals surface area contributed by atoms with Gasteiger partial charge in [0.2, 0.25) is 5.91 Å². The number of likely N-dealkylation sites (tertiary alicyclic amines) is 1. The fourth-order valence-corrected chi connectivity index (χ4v) is 3.26. The van der Waals surface area contributed by atoms with Crippen LogP contribution in [0, 0.1) is 5.41 Å². The molecule has 0 bridgehead atoms. The summed E-state index contributed by atoms with van der Waals surface area (Å²) < 4.78 is 0. The van der Waals surface area contributed by atoms with Crippen LogP contribution in [0.25, 0.3) is 0 Å². The predicted octanol–water partition coefficient (Wildman–Crippen LogP) is 2.54. The Balaban J connectivity index is 1.98. The lowest BCUT2D eigenvalue weighted by Gasteiger charge is -2.35. The minimum Gasteiger partial charge on any atom is -0.341 e. The van der Waals surface area contributed by atoms with Crippen molar-refractivity contribution in [2.75, 3.05) is 13.1 Å². The third kappa shape index (κ3) is 3.51. The number of carbonyl (C=O) groups excluding carboxylic acids is 1. The standard InChI is InChI=1S/C13H21N3OS/c1-13(2,3)9-16-8-4-5-10(11(16)17)18-12-14-6-7-15-12/h6-7,10H,4-5,8-9H2,1-3H3,(H,14,15). The summed E-state index contributed by atoms with van der Waals surface area (Å²) in [6.45, 7) is 8.24. The van der Waals surface area contributed by atoms with E-state index in [-0.39, 0.29) is 16.6 Å². The molecule has 0 spiro atoms. The molecule has 1 unspecified atom stereocenters. The summed E-state index contributed by atoms with van der Waals surface area (Å²) in [5.41, 5.74) is 0.160. The first kappa shape index (κ1) is 13.5. The number of H-pyrrole nitrogens is 1. The van der Waals surface area contributed by atoms with Gasteiger partial charge < -0.3 is 9.88 Å². The largest absolute Gasteiger partial charge is 0.341 e. The summed E-state index contributed by atoms with van der Waals surface area (Å²) in [6, 6.07) is 0. The average molecular weight is 267 g/mol. The van der Waals surface area contributed by atoms with E-state index >= 15 is 0 Å². The summed E-state index contributed by atoms with van der Waals surface area (Å²) in [5.74, 6) is 0.262. The zero-order valence-electron chi connectivity index (χ0n) is 11.3. The number of aromatic nitrogens is 2. The van der Waals surface area contributed by atoms with E-state index in [2.05, 4.69) is 30.7 Å². The molecule has 1 aromatic rings.